The monoisotopic (exact) mass is 564 g/mol. The average Bonchev–Trinajstić information content (AvgIpc) is 3.19. The van der Waals surface area contributed by atoms with Crippen LogP contribution in [-0.2, 0) is 9.53 Å². The molecule has 0 radical (unpaired) electrons. The van der Waals surface area contributed by atoms with E-state index < -0.39 is 12.0 Å². The summed E-state index contributed by atoms with van der Waals surface area (Å²) in [5, 5.41) is 0. The fourth-order valence-corrected chi connectivity index (χ4v) is 5.52. The van der Waals surface area contributed by atoms with Gasteiger partial charge >= 0.3 is 5.97 Å². The minimum absolute atomic E-state index is 0.00355. The van der Waals surface area contributed by atoms with E-state index in [0.29, 0.717) is 51.1 Å². The highest BCUT2D eigenvalue weighted by Crippen LogP contribution is 2.32. The Kier molecular flexibility index (Phi) is 9.14. The molecular weight excluding hydrogens is 528 g/mol. The van der Waals surface area contributed by atoms with Gasteiger partial charge in [-0.25, -0.2) is 9.79 Å². The largest absolute Gasteiger partial charge is 0.494 e. The van der Waals surface area contributed by atoms with E-state index in [1.54, 1.807) is 25.3 Å². The lowest BCUT2D eigenvalue weighted by Gasteiger charge is -2.25. The number of hydrogen-bond acceptors (Lipinski definition) is 8. The first-order valence-electron chi connectivity index (χ1n) is 13.5. The van der Waals surface area contributed by atoms with Crippen LogP contribution in [0, 0.1) is 0 Å². The second kappa shape index (κ2) is 12.6. The summed E-state index contributed by atoms with van der Waals surface area (Å²) in [6.07, 6.45) is 1.49. The Labute approximate surface area is 238 Å². The first-order valence-corrected chi connectivity index (χ1v) is 14.3. The maximum absolute atomic E-state index is 13.9. The number of fused-ring (bicyclic) bond motifs is 1. The average molecular weight is 565 g/mol. The van der Waals surface area contributed by atoms with Gasteiger partial charge in [0.2, 0.25) is 0 Å². The predicted octanol–water partition coefficient (Wildman–Crippen LogP) is 4.77. The van der Waals surface area contributed by atoms with Crippen molar-refractivity contribution >= 4 is 23.4 Å². The second-order valence-corrected chi connectivity index (χ2v) is 10.9. The lowest BCUT2D eigenvalue weighted by atomic mass is 9.96. The van der Waals surface area contributed by atoms with Gasteiger partial charge in [-0.3, -0.25) is 9.36 Å². The van der Waals surface area contributed by atoms with E-state index in [1.807, 2.05) is 76.2 Å². The molecule has 4 rings (SSSR count). The van der Waals surface area contributed by atoms with Crippen LogP contribution in [0.2, 0.25) is 0 Å². The van der Waals surface area contributed by atoms with E-state index >= 15 is 0 Å². The SMILES string of the molecule is CCOc1ccc([C@H]2C(C(=O)OC(C)C)=C(C)N=c3s/c(=C/c4ccc(OC(C)C)c(OCC)c4)c(=O)n32)cc1. The summed E-state index contributed by atoms with van der Waals surface area (Å²) in [5.41, 5.74) is 2.16. The van der Waals surface area contributed by atoms with E-state index in [1.165, 1.54) is 11.3 Å². The van der Waals surface area contributed by atoms with Gasteiger partial charge in [0.1, 0.15) is 5.75 Å². The number of aromatic nitrogens is 1. The summed E-state index contributed by atoms with van der Waals surface area (Å²) < 4.78 is 24.9. The highest BCUT2D eigenvalue weighted by atomic mass is 32.1. The van der Waals surface area contributed by atoms with Gasteiger partial charge in [-0.2, -0.15) is 0 Å². The fraction of sp³-hybridized carbons (Fsp3) is 0.387. The Bertz CT molecular complexity index is 1580. The number of ether oxygens (including phenoxy) is 4. The first kappa shape index (κ1) is 29.1. The van der Waals surface area contributed by atoms with E-state index in [0.717, 1.165) is 11.1 Å². The van der Waals surface area contributed by atoms with Gasteiger partial charge in [0.25, 0.3) is 5.56 Å². The number of rotatable bonds is 10. The van der Waals surface area contributed by atoms with Crippen molar-refractivity contribution in [2.45, 2.75) is 66.7 Å². The molecule has 212 valence electrons. The molecular formula is C31H36N2O6S. The standard InChI is InChI=1S/C31H36N2O6S/c1-8-36-23-13-11-22(12-14-23)28-27(30(35)39-19(5)6)20(7)32-31-33(28)29(34)26(40-31)17-21-10-15-24(38-18(3)4)25(16-21)37-9-2/h10-19,28H,8-9H2,1-7H3/b26-17+/t28-/m0/s1. The number of nitrogens with zero attached hydrogens (tertiary/aromatic N) is 2. The van der Waals surface area contributed by atoms with Crippen molar-refractivity contribution in [1.82, 2.24) is 4.57 Å². The predicted molar refractivity (Wildman–Crippen MR) is 156 cm³/mol. The third-order valence-electron chi connectivity index (χ3n) is 6.02. The molecule has 1 aliphatic heterocycles. The summed E-state index contributed by atoms with van der Waals surface area (Å²) >= 11 is 1.28. The lowest BCUT2D eigenvalue weighted by molar-refractivity contribution is -0.143. The first-order chi connectivity index (χ1) is 19.1. The van der Waals surface area contributed by atoms with E-state index in [4.69, 9.17) is 18.9 Å². The third kappa shape index (κ3) is 6.31. The zero-order valence-electron chi connectivity index (χ0n) is 24.0. The van der Waals surface area contributed by atoms with Crippen LogP contribution in [0.5, 0.6) is 17.2 Å². The molecule has 9 heteroatoms. The molecule has 8 nitrogen and oxygen atoms in total. The minimum Gasteiger partial charge on any atom is -0.494 e. The summed E-state index contributed by atoms with van der Waals surface area (Å²) in [5.74, 6) is 1.47. The van der Waals surface area contributed by atoms with Crippen molar-refractivity contribution in [1.29, 1.82) is 0 Å². The molecule has 2 aromatic carbocycles. The normalized spacial score (nSPS) is 15.2. The Morgan fingerprint density at radius 2 is 1.70 bits per heavy atom. The van der Waals surface area contributed by atoms with Crippen LogP contribution in [-0.4, -0.2) is 36.0 Å². The Hall–Kier alpha value is -3.85. The van der Waals surface area contributed by atoms with Gasteiger partial charge in [0.05, 0.1) is 47.3 Å². The van der Waals surface area contributed by atoms with Crippen LogP contribution in [0.3, 0.4) is 0 Å². The summed E-state index contributed by atoms with van der Waals surface area (Å²) in [7, 11) is 0. The summed E-state index contributed by atoms with van der Waals surface area (Å²) in [6.45, 7) is 14.1. The molecule has 0 unspecified atom stereocenters. The molecule has 0 bridgehead atoms. The molecule has 1 aliphatic rings. The molecule has 0 saturated heterocycles. The number of allylic oxidation sites excluding steroid dienone is 1. The summed E-state index contributed by atoms with van der Waals surface area (Å²) in [4.78, 5) is 32.4. The lowest BCUT2D eigenvalue weighted by Crippen LogP contribution is -2.40. The highest BCUT2D eigenvalue weighted by molar-refractivity contribution is 7.07. The van der Waals surface area contributed by atoms with Crippen molar-refractivity contribution in [2.75, 3.05) is 13.2 Å². The third-order valence-corrected chi connectivity index (χ3v) is 7.00. The van der Waals surface area contributed by atoms with Crippen LogP contribution < -0.4 is 29.1 Å². The van der Waals surface area contributed by atoms with Gasteiger partial charge in [-0.05, 0) is 89.9 Å². The van der Waals surface area contributed by atoms with Crippen LogP contribution in [0.4, 0.5) is 0 Å². The van der Waals surface area contributed by atoms with Gasteiger partial charge < -0.3 is 18.9 Å². The Morgan fingerprint density at radius 3 is 2.33 bits per heavy atom. The van der Waals surface area contributed by atoms with E-state index in [9.17, 15) is 9.59 Å². The van der Waals surface area contributed by atoms with Crippen LogP contribution in [0.25, 0.3) is 6.08 Å². The van der Waals surface area contributed by atoms with E-state index in [2.05, 4.69) is 4.99 Å². The van der Waals surface area contributed by atoms with Gasteiger partial charge in [-0.1, -0.05) is 29.5 Å². The number of thiazole rings is 1. The van der Waals surface area contributed by atoms with Crippen molar-refractivity contribution in [2.24, 2.45) is 4.99 Å². The Morgan fingerprint density at radius 1 is 1.00 bits per heavy atom. The molecule has 2 heterocycles. The Balaban J connectivity index is 1.86. The number of carbonyl (C=O) groups excluding carboxylic acids is 1. The number of carbonyl (C=O) groups is 1. The van der Waals surface area contributed by atoms with Crippen molar-refractivity contribution < 1.29 is 23.7 Å². The molecule has 0 fully saturated rings. The second-order valence-electron chi connectivity index (χ2n) is 9.84. The number of esters is 1. The zero-order chi connectivity index (χ0) is 29.0. The maximum Gasteiger partial charge on any atom is 0.338 e. The van der Waals surface area contributed by atoms with Gasteiger partial charge in [0, 0.05) is 0 Å². The van der Waals surface area contributed by atoms with Crippen molar-refractivity contribution in [3.63, 3.8) is 0 Å². The van der Waals surface area contributed by atoms with Crippen LogP contribution in [0.15, 0.2) is 63.5 Å². The fourth-order valence-electron chi connectivity index (χ4n) is 4.47. The molecule has 0 saturated carbocycles. The minimum atomic E-state index is -0.693. The maximum atomic E-state index is 13.9. The molecule has 40 heavy (non-hydrogen) atoms. The van der Waals surface area contributed by atoms with E-state index in [-0.39, 0.29) is 17.8 Å². The molecule has 3 aromatic rings. The molecule has 0 N–H and O–H groups in total. The molecule has 0 amide bonds. The van der Waals surface area contributed by atoms with Crippen LogP contribution in [0.1, 0.15) is 65.6 Å². The van der Waals surface area contributed by atoms with Crippen molar-refractivity contribution in [3.05, 3.63) is 84.5 Å². The highest BCUT2D eigenvalue weighted by Gasteiger charge is 2.33. The quantitative estimate of drug-likeness (QED) is 0.330. The topological polar surface area (TPSA) is 88.4 Å². The van der Waals surface area contributed by atoms with Gasteiger partial charge in [0.15, 0.2) is 16.3 Å². The molecule has 0 aliphatic carbocycles. The molecule has 0 spiro atoms. The summed E-state index contributed by atoms with van der Waals surface area (Å²) in [6, 6.07) is 12.3. The van der Waals surface area contributed by atoms with Gasteiger partial charge in [-0.15, -0.1) is 0 Å². The zero-order valence-corrected chi connectivity index (χ0v) is 24.8. The van der Waals surface area contributed by atoms with Crippen LogP contribution >= 0.6 is 11.3 Å². The number of benzene rings is 2. The molecule has 1 atom stereocenters. The smallest absolute Gasteiger partial charge is 0.338 e. The van der Waals surface area contributed by atoms with Crippen molar-refractivity contribution in [3.8, 4) is 17.2 Å². The molecule has 1 aromatic heterocycles. The number of hydrogen-bond donors (Lipinski definition) is 0.